The molecule has 78 heavy (non-hydrogen) atoms. The Kier molecular flexibility index (Phi) is 16.8. The van der Waals surface area contributed by atoms with Gasteiger partial charge in [-0.05, 0) is 168 Å². The summed E-state index contributed by atoms with van der Waals surface area (Å²) in [4.78, 5) is 12.9. The van der Waals surface area contributed by atoms with E-state index in [1.807, 2.05) is 12.4 Å². The van der Waals surface area contributed by atoms with E-state index in [9.17, 15) is 0 Å². The molecular formula is C72H79N5Pt. The number of nitrogens with zero attached hydrogens (tertiary/aromatic N) is 5. The van der Waals surface area contributed by atoms with Gasteiger partial charge >= 0.3 is 21.1 Å². The summed E-state index contributed by atoms with van der Waals surface area (Å²) >= 11 is 0. The van der Waals surface area contributed by atoms with Crippen molar-refractivity contribution in [3.8, 4) is 45.3 Å². The molecule has 0 amide bonds. The van der Waals surface area contributed by atoms with Gasteiger partial charge in [-0.1, -0.05) is 157 Å². The molecule has 5 fully saturated rings. The molecule has 0 N–H and O–H groups in total. The van der Waals surface area contributed by atoms with Gasteiger partial charge in [0.1, 0.15) is 0 Å². The minimum absolute atomic E-state index is 0. The van der Waals surface area contributed by atoms with Crippen LogP contribution in [0, 0.1) is 12.1 Å². The number of hydrogen-bond acceptors (Lipinski definition) is 3. The molecule has 5 saturated carbocycles. The normalized spacial score (nSPS) is 18.4. The standard InChI is InChI=1S/C72H79N5.Pt/c1-8-24-52(25-9-1)60-48-65(54-28-12-3-13-29-54)69(66(49-60)55-30-14-4-15-31-55)75-44-42-73-71(75)58-36-22-40-63(46-58)77(62-38-20-7-21-39-62)64-41-23-37-59(47-64)72-74-43-45-76(72)70-67(56-32-16-5-17-33-56)50-61(53-26-10-2-11-27-53)51-68(70)57-34-18-6-19-35-57;/h1,7-9,20-25,36-45,48-51,53-57H,2-6,10-19,26-35H2;/q-2;+2. The minimum atomic E-state index is 0. The fourth-order valence-corrected chi connectivity index (χ4v) is 15.1. The maximum atomic E-state index is 5.28. The fourth-order valence-electron chi connectivity index (χ4n) is 15.1. The largest absolute Gasteiger partial charge is 2.00 e. The van der Waals surface area contributed by atoms with E-state index in [-0.39, 0.29) is 21.1 Å². The Bertz CT molecular complexity index is 3150. The van der Waals surface area contributed by atoms with Crippen molar-refractivity contribution in [1.29, 1.82) is 0 Å². The van der Waals surface area contributed by atoms with Gasteiger partial charge < -0.3 is 14.0 Å². The van der Waals surface area contributed by atoms with Crippen molar-refractivity contribution in [2.75, 3.05) is 4.90 Å². The molecule has 0 atom stereocenters. The van der Waals surface area contributed by atoms with Gasteiger partial charge in [0.15, 0.2) is 0 Å². The third kappa shape index (κ3) is 11.1. The van der Waals surface area contributed by atoms with Gasteiger partial charge in [-0.15, -0.1) is 59.7 Å². The van der Waals surface area contributed by atoms with Crippen LogP contribution >= 0.6 is 0 Å². The third-order valence-corrected chi connectivity index (χ3v) is 19.0. The van der Waals surface area contributed by atoms with E-state index in [2.05, 4.69) is 160 Å². The van der Waals surface area contributed by atoms with Crippen molar-refractivity contribution < 1.29 is 21.1 Å². The second kappa shape index (κ2) is 24.7. The van der Waals surface area contributed by atoms with Crippen LogP contribution in [0.5, 0.6) is 0 Å². The Balaban J connectivity index is 0.00000609. The summed E-state index contributed by atoms with van der Waals surface area (Å²) in [6, 6.07) is 53.8. The van der Waals surface area contributed by atoms with Crippen molar-refractivity contribution in [2.24, 2.45) is 0 Å². The third-order valence-electron chi connectivity index (χ3n) is 19.0. The Morgan fingerprint density at radius 3 is 1.15 bits per heavy atom. The van der Waals surface area contributed by atoms with Crippen LogP contribution in [0.1, 0.15) is 218 Å². The summed E-state index contributed by atoms with van der Waals surface area (Å²) in [7, 11) is 0. The molecule has 0 spiro atoms. The second-order valence-electron chi connectivity index (χ2n) is 23.9. The van der Waals surface area contributed by atoms with Gasteiger partial charge in [-0.2, -0.15) is 0 Å². The minimum Gasteiger partial charge on any atom is -0.346 e. The number of hydrogen-bond donors (Lipinski definition) is 0. The van der Waals surface area contributed by atoms with Crippen molar-refractivity contribution >= 4 is 17.1 Å². The summed E-state index contributed by atoms with van der Waals surface area (Å²) in [5, 5.41) is 0. The molecule has 5 nitrogen and oxygen atoms in total. The van der Waals surface area contributed by atoms with E-state index < -0.39 is 0 Å². The summed E-state index contributed by atoms with van der Waals surface area (Å²) in [5.41, 5.74) is 18.2. The Hall–Kier alpha value is -5.77. The average Bonchev–Trinajstić information content (AvgIpc) is 4.24. The molecule has 0 saturated heterocycles. The van der Waals surface area contributed by atoms with E-state index in [4.69, 9.17) is 9.97 Å². The number of imidazole rings is 2. The molecule has 5 aliphatic rings. The summed E-state index contributed by atoms with van der Waals surface area (Å²) < 4.78 is 4.96. The summed E-state index contributed by atoms with van der Waals surface area (Å²) in [6.45, 7) is 0. The van der Waals surface area contributed by atoms with Crippen LogP contribution in [0.25, 0.3) is 45.3 Å². The van der Waals surface area contributed by atoms with Crippen LogP contribution in [0.3, 0.4) is 0 Å². The van der Waals surface area contributed by atoms with E-state index in [1.165, 1.54) is 194 Å². The second-order valence-corrected chi connectivity index (χ2v) is 23.9. The number of rotatable bonds is 13. The first kappa shape index (κ1) is 52.9. The topological polar surface area (TPSA) is 38.9 Å². The summed E-state index contributed by atoms with van der Waals surface area (Å²) in [6.07, 6.45) is 41.2. The van der Waals surface area contributed by atoms with E-state index in [1.54, 1.807) is 16.7 Å². The van der Waals surface area contributed by atoms with Gasteiger partial charge in [0.25, 0.3) is 0 Å². The van der Waals surface area contributed by atoms with Crippen molar-refractivity contribution in [1.82, 2.24) is 19.1 Å². The number of anilines is 3. The maximum Gasteiger partial charge on any atom is 2.00 e. The van der Waals surface area contributed by atoms with Crippen LogP contribution in [-0.4, -0.2) is 19.1 Å². The van der Waals surface area contributed by atoms with E-state index in [0.717, 1.165) is 39.8 Å². The van der Waals surface area contributed by atoms with Crippen LogP contribution in [0.2, 0.25) is 0 Å². The number of para-hydroxylation sites is 1. The van der Waals surface area contributed by atoms with Gasteiger partial charge in [-0.3, -0.25) is 9.97 Å². The smallest absolute Gasteiger partial charge is 0.346 e. The molecule has 2 aromatic heterocycles. The molecule has 2 heterocycles. The van der Waals surface area contributed by atoms with Crippen LogP contribution < -0.4 is 4.90 Å². The SMILES string of the molecule is [Pt+2].[c-]1c(-c2nccn2-c2c(C3CCCCC3)cc(-c3ccccc3)cc2C2CCCCC2)cccc1N(c1[c-]c(-c2nccn2-c2c(C3CCCCC3)cc(C3CCCCC3)cc2C2CCCCC2)ccc1)c1ccccc1. The average molecular weight is 1210 g/mol. The first-order valence-electron chi connectivity index (χ1n) is 30.6. The zero-order valence-corrected chi connectivity index (χ0v) is 48.2. The predicted molar refractivity (Wildman–Crippen MR) is 318 cm³/mol. The van der Waals surface area contributed by atoms with Gasteiger partial charge in [0.2, 0.25) is 0 Å². The molecule has 0 aliphatic heterocycles. The number of benzene rings is 6. The van der Waals surface area contributed by atoms with Crippen molar-refractivity contribution in [3.05, 3.63) is 186 Å². The molecule has 0 unspecified atom stereocenters. The molecule has 0 bridgehead atoms. The molecule has 6 heteroatoms. The van der Waals surface area contributed by atoms with Gasteiger partial charge in [0.05, 0.1) is 11.6 Å². The summed E-state index contributed by atoms with van der Waals surface area (Å²) in [5.74, 6) is 4.78. The fraction of sp³-hybridized carbons (Fsp3) is 0.417. The first-order chi connectivity index (χ1) is 38.2. The Labute approximate surface area is 480 Å². The van der Waals surface area contributed by atoms with E-state index >= 15 is 0 Å². The maximum absolute atomic E-state index is 5.28. The number of aromatic nitrogens is 4. The molecule has 0 radical (unpaired) electrons. The van der Waals surface area contributed by atoms with Crippen molar-refractivity contribution in [3.63, 3.8) is 0 Å². The Morgan fingerprint density at radius 1 is 0.372 bits per heavy atom. The van der Waals surface area contributed by atoms with Crippen LogP contribution in [0.4, 0.5) is 17.1 Å². The van der Waals surface area contributed by atoms with Gasteiger partial charge in [-0.25, -0.2) is 0 Å². The Morgan fingerprint density at radius 2 is 0.744 bits per heavy atom. The van der Waals surface area contributed by atoms with Crippen LogP contribution in [0.15, 0.2) is 146 Å². The zero-order chi connectivity index (χ0) is 51.3. The quantitative estimate of drug-likeness (QED) is 0.108. The molecular weight excluding hydrogens is 1130 g/mol. The predicted octanol–water partition coefficient (Wildman–Crippen LogP) is 20.4. The monoisotopic (exact) mass is 1210 g/mol. The molecule has 6 aromatic carbocycles. The van der Waals surface area contributed by atoms with Crippen LogP contribution in [-0.2, 0) is 21.1 Å². The molecule has 5 aliphatic carbocycles. The first-order valence-corrected chi connectivity index (χ1v) is 30.6. The van der Waals surface area contributed by atoms with Gasteiger partial charge in [0, 0.05) is 41.8 Å². The zero-order valence-electron chi connectivity index (χ0n) is 46.0. The molecule has 402 valence electrons. The van der Waals surface area contributed by atoms with E-state index in [0.29, 0.717) is 29.6 Å². The molecule has 13 rings (SSSR count). The molecule has 8 aromatic rings. The van der Waals surface area contributed by atoms with Crippen molar-refractivity contribution in [2.45, 2.75) is 190 Å².